The first kappa shape index (κ1) is 14.9. The molecule has 6 nitrogen and oxygen atoms in total. The van der Waals surface area contributed by atoms with Crippen molar-refractivity contribution in [2.24, 2.45) is 0 Å². The van der Waals surface area contributed by atoms with E-state index in [0.29, 0.717) is 32.8 Å². The molecule has 2 N–H and O–H groups in total. The summed E-state index contributed by atoms with van der Waals surface area (Å²) in [5.41, 5.74) is 0. The SMILES string of the molecule is CCOC(=O)COCCNCCNC(C)=O. The van der Waals surface area contributed by atoms with Crippen LogP contribution < -0.4 is 10.6 Å². The number of carbonyl (C=O) groups excluding carboxylic acids is 2. The summed E-state index contributed by atoms with van der Waals surface area (Å²) < 4.78 is 9.73. The van der Waals surface area contributed by atoms with Crippen molar-refractivity contribution < 1.29 is 19.1 Å². The van der Waals surface area contributed by atoms with Crippen LogP contribution in [0.25, 0.3) is 0 Å². The molecule has 0 aromatic carbocycles. The first-order valence-electron chi connectivity index (χ1n) is 5.35. The zero-order chi connectivity index (χ0) is 12.2. The van der Waals surface area contributed by atoms with E-state index < -0.39 is 0 Å². The average Bonchev–Trinajstić information content (AvgIpc) is 2.22. The molecule has 0 aliphatic heterocycles. The van der Waals surface area contributed by atoms with Gasteiger partial charge in [0.05, 0.1) is 13.2 Å². The second kappa shape index (κ2) is 10.4. The Hall–Kier alpha value is -1.14. The molecule has 0 aliphatic rings. The second-order valence-electron chi connectivity index (χ2n) is 3.09. The maximum absolute atomic E-state index is 10.8. The predicted octanol–water partition coefficient (Wildman–Crippen LogP) is -0.708. The van der Waals surface area contributed by atoms with Gasteiger partial charge < -0.3 is 20.1 Å². The van der Waals surface area contributed by atoms with Gasteiger partial charge in [-0.25, -0.2) is 4.79 Å². The molecule has 0 unspecified atom stereocenters. The molecule has 0 saturated heterocycles. The molecular weight excluding hydrogens is 212 g/mol. The molecule has 0 rings (SSSR count). The van der Waals surface area contributed by atoms with Gasteiger partial charge in [0.25, 0.3) is 0 Å². The zero-order valence-corrected chi connectivity index (χ0v) is 9.88. The second-order valence-corrected chi connectivity index (χ2v) is 3.09. The van der Waals surface area contributed by atoms with Gasteiger partial charge in [0.2, 0.25) is 5.91 Å². The lowest BCUT2D eigenvalue weighted by Crippen LogP contribution is -2.32. The number of rotatable bonds is 9. The number of carbonyl (C=O) groups is 2. The standard InChI is InChI=1S/C10H20N2O4/c1-3-16-10(14)8-15-7-6-11-4-5-12-9(2)13/h11H,3-8H2,1-2H3,(H,12,13). The lowest BCUT2D eigenvalue weighted by atomic mass is 10.5. The highest BCUT2D eigenvalue weighted by atomic mass is 16.6. The van der Waals surface area contributed by atoms with Crippen LogP contribution in [-0.2, 0) is 19.1 Å². The van der Waals surface area contributed by atoms with Crippen LogP contribution in [0.5, 0.6) is 0 Å². The number of amides is 1. The quantitative estimate of drug-likeness (QED) is 0.406. The monoisotopic (exact) mass is 232 g/mol. The van der Waals surface area contributed by atoms with E-state index in [-0.39, 0.29) is 18.5 Å². The normalized spacial score (nSPS) is 9.88. The minimum Gasteiger partial charge on any atom is -0.464 e. The summed E-state index contributed by atoms with van der Waals surface area (Å²) in [7, 11) is 0. The average molecular weight is 232 g/mol. The van der Waals surface area contributed by atoms with Crippen molar-refractivity contribution in [1.82, 2.24) is 10.6 Å². The highest BCUT2D eigenvalue weighted by Crippen LogP contribution is 1.80. The topological polar surface area (TPSA) is 76.7 Å². The fourth-order valence-electron chi connectivity index (χ4n) is 0.954. The molecule has 6 heteroatoms. The maximum Gasteiger partial charge on any atom is 0.332 e. The van der Waals surface area contributed by atoms with Crippen molar-refractivity contribution in [1.29, 1.82) is 0 Å². The van der Waals surface area contributed by atoms with E-state index in [1.807, 2.05) is 0 Å². The van der Waals surface area contributed by atoms with E-state index in [0.717, 1.165) is 0 Å². The maximum atomic E-state index is 10.8. The molecule has 0 spiro atoms. The summed E-state index contributed by atoms with van der Waals surface area (Å²) in [6.07, 6.45) is 0. The third kappa shape index (κ3) is 10.9. The van der Waals surface area contributed by atoms with Crippen LogP contribution in [0.2, 0.25) is 0 Å². The van der Waals surface area contributed by atoms with E-state index >= 15 is 0 Å². The largest absolute Gasteiger partial charge is 0.464 e. The molecule has 0 saturated carbocycles. The van der Waals surface area contributed by atoms with E-state index in [1.54, 1.807) is 6.92 Å². The molecule has 0 aromatic rings. The summed E-state index contributed by atoms with van der Waals surface area (Å²) in [6.45, 7) is 5.94. The van der Waals surface area contributed by atoms with Crippen LogP contribution in [0.15, 0.2) is 0 Å². The van der Waals surface area contributed by atoms with Gasteiger partial charge >= 0.3 is 5.97 Å². The van der Waals surface area contributed by atoms with Gasteiger partial charge in [-0.1, -0.05) is 0 Å². The summed E-state index contributed by atoms with van der Waals surface area (Å²) in [5.74, 6) is -0.388. The highest BCUT2D eigenvalue weighted by Gasteiger charge is 1.99. The molecule has 0 bridgehead atoms. The summed E-state index contributed by atoms with van der Waals surface area (Å²) >= 11 is 0. The van der Waals surface area contributed by atoms with Crippen LogP contribution in [0.3, 0.4) is 0 Å². The van der Waals surface area contributed by atoms with Crippen molar-refractivity contribution >= 4 is 11.9 Å². The molecule has 0 aromatic heterocycles. The van der Waals surface area contributed by atoms with Crippen molar-refractivity contribution in [2.45, 2.75) is 13.8 Å². The Balaban J connectivity index is 3.09. The fraction of sp³-hybridized carbons (Fsp3) is 0.800. The molecule has 0 radical (unpaired) electrons. The van der Waals surface area contributed by atoms with E-state index in [1.165, 1.54) is 6.92 Å². The minimum atomic E-state index is -0.347. The number of nitrogens with one attached hydrogen (secondary N) is 2. The Morgan fingerprint density at radius 2 is 1.94 bits per heavy atom. The van der Waals surface area contributed by atoms with Crippen molar-refractivity contribution in [3.8, 4) is 0 Å². The van der Waals surface area contributed by atoms with Gasteiger partial charge in [0.15, 0.2) is 0 Å². The van der Waals surface area contributed by atoms with E-state index in [9.17, 15) is 9.59 Å². The van der Waals surface area contributed by atoms with Crippen LogP contribution in [-0.4, -0.2) is 51.3 Å². The Morgan fingerprint density at radius 1 is 1.19 bits per heavy atom. The summed E-state index contributed by atoms with van der Waals surface area (Å²) in [5, 5.41) is 5.71. The van der Waals surface area contributed by atoms with Crippen LogP contribution in [0.1, 0.15) is 13.8 Å². The predicted molar refractivity (Wildman–Crippen MR) is 59.0 cm³/mol. The van der Waals surface area contributed by atoms with Crippen molar-refractivity contribution in [3.05, 3.63) is 0 Å². The number of hydrogen-bond acceptors (Lipinski definition) is 5. The Morgan fingerprint density at radius 3 is 2.56 bits per heavy atom. The van der Waals surface area contributed by atoms with Crippen LogP contribution in [0, 0.1) is 0 Å². The summed E-state index contributed by atoms with van der Waals surface area (Å²) in [4.78, 5) is 21.3. The van der Waals surface area contributed by atoms with Gasteiger partial charge in [-0.15, -0.1) is 0 Å². The highest BCUT2D eigenvalue weighted by molar-refractivity contribution is 5.72. The Kier molecular flexibility index (Phi) is 9.64. The van der Waals surface area contributed by atoms with Crippen LogP contribution in [0.4, 0.5) is 0 Å². The van der Waals surface area contributed by atoms with Gasteiger partial charge in [-0.3, -0.25) is 4.79 Å². The molecule has 1 amide bonds. The molecule has 0 heterocycles. The first-order chi connectivity index (χ1) is 7.66. The number of esters is 1. The lowest BCUT2D eigenvalue weighted by molar-refractivity contribution is -0.148. The molecule has 0 atom stereocenters. The van der Waals surface area contributed by atoms with E-state index in [2.05, 4.69) is 15.4 Å². The number of ether oxygens (including phenoxy) is 2. The van der Waals surface area contributed by atoms with E-state index in [4.69, 9.17) is 4.74 Å². The smallest absolute Gasteiger partial charge is 0.332 e. The zero-order valence-electron chi connectivity index (χ0n) is 9.88. The van der Waals surface area contributed by atoms with Crippen LogP contribution >= 0.6 is 0 Å². The lowest BCUT2D eigenvalue weighted by Gasteiger charge is -2.06. The van der Waals surface area contributed by atoms with Crippen molar-refractivity contribution in [2.75, 3.05) is 39.5 Å². The summed E-state index contributed by atoms with van der Waals surface area (Å²) in [6, 6.07) is 0. The number of hydrogen-bond donors (Lipinski definition) is 2. The fourth-order valence-corrected chi connectivity index (χ4v) is 0.954. The third-order valence-corrected chi connectivity index (χ3v) is 1.62. The molecule has 0 fully saturated rings. The third-order valence-electron chi connectivity index (χ3n) is 1.62. The first-order valence-corrected chi connectivity index (χ1v) is 5.35. The van der Waals surface area contributed by atoms with Gasteiger partial charge in [0.1, 0.15) is 6.61 Å². The van der Waals surface area contributed by atoms with Crippen molar-refractivity contribution in [3.63, 3.8) is 0 Å². The molecule has 94 valence electrons. The van der Waals surface area contributed by atoms with Gasteiger partial charge in [0, 0.05) is 26.6 Å². The van der Waals surface area contributed by atoms with Gasteiger partial charge in [-0.2, -0.15) is 0 Å². The molecular formula is C10H20N2O4. The minimum absolute atomic E-state index is 0.0127. The Bertz CT molecular complexity index is 209. The molecule has 0 aliphatic carbocycles. The Labute approximate surface area is 95.7 Å². The van der Waals surface area contributed by atoms with Gasteiger partial charge in [-0.05, 0) is 6.92 Å². The molecule has 16 heavy (non-hydrogen) atoms.